The monoisotopic (exact) mass is 422 g/mol. The number of rotatable bonds is 7. The summed E-state index contributed by atoms with van der Waals surface area (Å²) in [4.78, 5) is 12.7. The molecule has 0 aromatic heterocycles. The summed E-state index contributed by atoms with van der Waals surface area (Å²) >= 11 is 0. The third-order valence-corrected chi connectivity index (χ3v) is 5.49. The van der Waals surface area contributed by atoms with Crippen molar-refractivity contribution in [3.8, 4) is 23.0 Å². The van der Waals surface area contributed by atoms with E-state index < -0.39 is 15.9 Å². The van der Waals surface area contributed by atoms with Crippen LogP contribution in [0.15, 0.2) is 30.3 Å². The van der Waals surface area contributed by atoms with Crippen molar-refractivity contribution in [1.82, 2.24) is 0 Å². The quantitative estimate of drug-likeness (QED) is 0.705. The molecule has 0 fully saturated rings. The lowest BCUT2D eigenvalue weighted by atomic mass is 10.1. The summed E-state index contributed by atoms with van der Waals surface area (Å²) in [6, 6.07) is 7.76. The second-order valence-corrected chi connectivity index (χ2v) is 8.09. The van der Waals surface area contributed by atoms with Gasteiger partial charge in [0.25, 0.3) is 5.91 Å². The van der Waals surface area contributed by atoms with E-state index in [0.29, 0.717) is 41.7 Å². The summed E-state index contributed by atoms with van der Waals surface area (Å²) in [7, 11) is -0.562. The molecule has 2 aromatic rings. The standard InChI is InChI=1S/C19H22N2O7S/c1-4-29(23,24)21-14-6-5-13(11-15(14)25-2)20-19(22)12-9-16(26-3)18-17(10-12)27-7-8-28-18/h5-6,9-11,21H,4,7-8H2,1-3H3,(H,20,22). The first kappa shape index (κ1) is 20.6. The molecule has 2 aromatic carbocycles. The zero-order valence-electron chi connectivity index (χ0n) is 16.3. The highest BCUT2D eigenvalue weighted by atomic mass is 32.2. The van der Waals surface area contributed by atoms with E-state index in [-0.39, 0.29) is 17.2 Å². The van der Waals surface area contributed by atoms with Crippen LogP contribution in [0.2, 0.25) is 0 Å². The lowest BCUT2D eigenvalue weighted by Crippen LogP contribution is -2.18. The van der Waals surface area contributed by atoms with Crippen molar-refractivity contribution >= 4 is 27.3 Å². The summed E-state index contributed by atoms with van der Waals surface area (Å²) in [6.45, 7) is 2.32. The van der Waals surface area contributed by atoms with Crippen LogP contribution < -0.4 is 29.0 Å². The molecule has 2 N–H and O–H groups in total. The Hall–Kier alpha value is -3.14. The third-order valence-electron chi connectivity index (χ3n) is 4.20. The summed E-state index contributed by atoms with van der Waals surface area (Å²) in [5.41, 5.74) is 1.04. The van der Waals surface area contributed by atoms with E-state index >= 15 is 0 Å². The van der Waals surface area contributed by atoms with E-state index in [4.69, 9.17) is 18.9 Å². The molecule has 9 nitrogen and oxygen atoms in total. The highest BCUT2D eigenvalue weighted by molar-refractivity contribution is 7.92. The molecule has 29 heavy (non-hydrogen) atoms. The molecule has 0 aliphatic carbocycles. The van der Waals surface area contributed by atoms with Crippen LogP contribution >= 0.6 is 0 Å². The van der Waals surface area contributed by atoms with Crippen LogP contribution in [-0.4, -0.2) is 47.5 Å². The summed E-state index contributed by atoms with van der Waals surface area (Å²) in [5.74, 6) is 1.10. The van der Waals surface area contributed by atoms with Crippen molar-refractivity contribution in [3.63, 3.8) is 0 Å². The summed E-state index contributed by atoms with van der Waals surface area (Å²) in [5, 5.41) is 2.75. The molecule has 1 amide bonds. The Bertz CT molecular complexity index is 1000. The molecule has 0 unspecified atom stereocenters. The van der Waals surface area contributed by atoms with E-state index in [1.165, 1.54) is 33.3 Å². The van der Waals surface area contributed by atoms with Crippen molar-refractivity contribution in [3.05, 3.63) is 35.9 Å². The van der Waals surface area contributed by atoms with Gasteiger partial charge in [0, 0.05) is 17.3 Å². The average molecular weight is 422 g/mol. The largest absolute Gasteiger partial charge is 0.494 e. The fraction of sp³-hybridized carbons (Fsp3) is 0.316. The highest BCUT2D eigenvalue weighted by Gasteiger charge is 2.21. The van der Waals surface area contributed by atoms with Crippen molar-refractivity contribution in [2.45, 2.75) is 6.92 Å². The van der Waals surface area contributed by atoms with Crippen LogP contribution in [-0.2, 0) is 10.0 Å². The molecule has 0 saturated carbocycles. The van der Waals surface area contributed by atoms with Crippen LogP contribution in [0.4, 0.5) is 11.4 Å². The van der Waals surface area contributed by atoms with E-state index in [0.717, 1.165) is 0 Å². The van der Waals surface area contributed by atoms with E-state index in [1.807, 2.05) is 0 Å². The number of carbonyl (C=O) groups excluding carboxylic acids is 1. The number of fused-ring (bicyclic) bond motifs is 1. The molecule has 1 heterocycles. The zero-order chi connectivity index (χ0) is 21.0. The Labute approximate surface area is 169 Å². The first-order valence-corrected chi connectivity index (χ1v) is 10.5. The Kier molecular flexibility index (Phi) is 6.02. The van der Waals surface area contributed by atoms with Gasteiger partial charge in [-0.2, -0.15) is 0 Å². The molecule has 0 radical (unpaired) electrons. The molecule has 0 bridgehead atoms. The van der Waals surface area contributed by atoms with Crippen molar-refractivity contribution in [1.29, 1.82) is 0 Å². The number of methoxy groups -OCH3 is 2. The second kappa shape index (κ2) is 8.48. The van der Waals surface area contributed by atoms with Gasteiger partial charge < -0.3 is 24.3 Å². The van der Waals surface area contributed by atoms with Gasteiger partial charge in [0.05, 0.1) is 25.7 Å². The predicted molar refractivity (Wildman–Crippen MR) is 108 cm³/mol. The number of hydrogen-bond donors (Lipinski definition) is 2. The number of ether oxygens (including phenoxy) is 4. The van der Waals surface area contributed by atoms with Gasteiger partial charge >= 0.3 is 0 Å². The van der Waals surface area contributed by atoms with Gasteiger partial charge in [0.15, 0.2) is 11.5 Å². The predicted octanol–water partition coefficient (Wildman–Crippen LogP) is 2.49. The number of benzene rings is 2. The summed E-state index contributed by atoms with van der Waals surface area (Å²) in [6.07, 6.45) is 0. The Morgan fingerprint density at radius 3 is 2.48 bits per heavy atom. The molecular weight excluding hydrogens is 400 g/mol. The molecule has 10 heteroatoms. The molecule has 1 aliphatic heterocycles. The van der Waals surface area contributed by atoms with Crippen molar-refractivity contribution in [2.75, 3.05) is 43.2 Å². The minimum absolute atomic E-state index is 0.0689. The van der Waals surface area contributed by atoms with Crippen LogP contribution in [0.1, 0.15) is 17.3 Å². The van der Waals surface area contributed by atoms with Crippen LogP contribution in [0.5, 0.6) is 23.0 Å². The zero-order valence-corrected chi connectivity index (χ0v) is 17.1. The number of sulfonamides is 1. The Morgan fingerprint density at radius 1 is 1.07 bits per heavy atom. The van der Waals surface area contributed by atoms with Crippen LogP contribution in [0, 0.1) is 0 Å². The number of nitrogens with one attached hydrogen (secondary N) is 2. The van der Waals surface area contributed by atoms with Gasteiger partial charge in [-0.3, -0.25) is 9.52 Å². The minimum Gasteiger partial charge on any atom is -0.494 e. The lowest BCUT2D eigenvalue weighted by molar-refractivity contribution is 0.102. The van der Waals surface area contributed by atoms with E-state index in [2.05, 4.69) is 10.0 Å². The van der Waals surface area contributed by atoms with E-state index in [9.17, 15) is 13.2 Å². The molecule has 0 saturated heterocycles. The van der Waals surface area contributed by atoms with Gasteiger partial charge in [-0.25, -0.2) is 8.42 Å². The molecular formula is C19H22N2O7S. The maximum Gasteiger partial charge on any atom is 0.255 e. The summed E-state index contributed by atoms with van der Waals surface area (Å²) < 4.78 is 47.6. The highest BCUT2D eigenvalue weighted by Crippen LogP contribution is 2.40. The molecule has 156 valence electrons. The number of hydrogen-bond acceptors (Lipinski definition) is 7. The second-order valence-electron chi connectivity index (χ2n) is 6.08. The Morgan fingerprint density at radius 2 is 1.79 bits per heavy atom. The molecule has 0 spiro atoms. The van der Waals surface area contributed by atoms with Crippen LogP contribution in [0.25, 0.3) is 0 Å². The van der Waals surface area contributed by atoms with Gasteiger partial charge in [-0.15, -0.1) is 0 Å². The number of amides is 1. The van der Waals surface area contributed by atoms with E-state index in [1.54, 1.807) is 18.2 Å². The smallest absolute Gasteiger partial charge is 0.255 e. The lowest BCUT2D eigenvalue weighted by Gasteiger charge is -2.21. The van der Waals surface area contributed by atoms with Gasteiger partial charge in [-0.1, -0.05) is 0 Å². The number of anilines is 2. The minimum atomic E-state index is -3.46. The third kappa shape index (κ3) is 4.65. The topological polar surface area (TPSA) is 112 Å². The van der Waals surface area contributed by atoms with Crippen molar-refractivity contribution in [2.24, 2.45) is 0 Å². The SMILES string of the molecule is CCS(=O)(=O)Nc1ccc(NC(=O)c2cc(OC)c3c(c2)OCCO3)cc1OC. The fourth-order valence-electron chi connectivity index (χ4n) is 2.70. The molecule has 1 aliphatic rings. The average Bonchev–Trinajstić information content (AvgIpc) is 2.73. The van der Waals surface area contributed by atoms with Gasteiger partial charge in [-0.05, 0) is 31.2 Å². The number of carbonyl (C=O) groups is 1. The maximum absolute atomic E-state index is 12.7. The first-order valence-electron chi connectivity index (χ1n) is 8.84. The first-order chi connectivity index (χ1) is 13.9. The fourth-order valence-corrected chi connectivity index (χ4v) is 3.35. The normalized spacial score (nSPS) is 12.8. The van der Waals surface area contributed by atoms with Crippen molar-refractivity contribution < 1.29 is 32.2 Å². The van der Waals surface area contributed by atoms with Gasteiger partial charge in [0.2, 0.25) is 15.8 Å². The Balaban J connectivity index is 1.84. The molecule has 3 rings (SSSR count). The van der Waals surface area contributed by atoms with Crippen LogP contribution in [0.3, 0.4) is 0 Å². The maximum atomic E-state index is 12.7. The van der Waals surface area contributed by atoms with Gasteiger partial charge in [0.1, 0.15) is 19.0 Å². The molecule has 0 atom stereocenters.